The summed E-state index contributed by atoms with van der Waals surface area (Å²) >= 11 is 0. The Labute approximate surface area is 103 Å². The maximum atomic E-state index is 13.4. The highest BCUT2D eigenvalue weighted by Crippen LogP contribution is 2.25. The van der Waals surface area contributed by atoms with E-state index in [1.807, 2.05) is 0 Å². The number of rotatable bonds is 3. The van der Waals surface area contributed by atoms with Gasteiger partial charge in [-0.1, -0.05) is 6.07 Å². The first-order valence-electron chi connectivity index (χ1n) is 5.25. The van der Waals surface area contributed by atoms with Crippen LogP contribution in [0.25, 0.3) is 0 Å². The number of nitrogens with zero attached hydrogens (tertiary/aromatic N) is 2. The van der Waals surface area contributed by atoms with Gasteiger partial charge in [0.15, 0.2) is 11.6 Å². The number of ether oxygens (including phenoxy) is 1. The van der Waals surface area contributed by atoms with Gasteiger partial charge in [-0.05, 0) is 19.1 Å². The van der Waals surface area contributed by atoms with Gasteiger partial charge < -0.3 is 10.1 Å². The lowest BCUT2D eigenvalue weighted by molar-refractivity contribution is 0.405. The SMILES string of the molecule is CNc1nc(C)cc(Oc2cccc(F)c2F)n1. The first-order chi connectivity index (χ1) is 8.60. The molecule has 1 aromatic carbocycles. The summed E-state index contributed by atoms with van der Waals surface area (Å²) in [7, 11) is 1.65. The monoisotopic (exact) mass is 251 g/mol. The van der Waals surface area contributed by atoms with Crippen molar-refractivity contribution in [2.45, 2.75) is 6.92 Å². The summed E-state index contributed by atoms with van der Waals surface area (Å²) in [5.41, 5.74) is 0.654. The van der Waals surface area contributed by atoms with Gasteiger partial charge in [0, 0.05) is 18.8 Å². The second kappa shape index (κ2) is 4.95. The van der Waals surface area contributed by atoms with E-state index in [-0.39, 0.29) is 11.6 Å². The molecule has 1 aromatic heterocycles. The van der Waals surface area contributed by atoms with Crippen LogP contribution in [0.1, 0.15) is 5.69 Å². The van der Waals surface area contributed by atoms with Crippen LogP contribution in [0.15, 0.2) is 24.3 Å². The van der Waals surface area contributed by atoms with Crippen LogP contribution in [0.4, 0.5) is 14.7 Å². The number of nitrogens with one attached hydrogen (secondary N) is 1. The molecule has 4 nitrogen and oxygen atoms in total. The topological polar surface area (TPSA) is 47.0 Å². The van der Waals surface area contributed by atoms with Crippen LogP contribution in [0.3, 0.4) is 0 Å². The maximum Gasteiger partial charge on any atom is 0.225 e. The second-order valence-electron chi connectivity index (χ2n) is 3.58. The number of anilines is 1. The Bertz CT molecular complexity index is 575. The summed E-state index contributed by atoms with van der Waals surface area (Å²) in [6.45, 7) is 1.75. The summed E-state index contributed by atoms with van der Waals surface area (Å²) in [5, 5.41) is 2.75. The van der Waals surface area contributed by atoms with Gasteiger partial charge in [-0.25, -0.2) is 9.37 Å². The van der Waals surface area contributed by atoms with E-state index in [0.717, 1.165) is 6.07 Å². The minimum atomic E-state index is -1.04. The fourth-order valence-electron chi connectivity index (χ4n) is 1.38. The molecule has 2 rings (SSSR count). The van der Waals surface area contributed by atoms with Crippen LogP contribution in [0.2, 0.25) is 0 Å². The van der Waals surface area contributed by atoms with Gasteiger partial charge in [0.2, 0.25) is 17.6 Å². The van der Waals surface area contributed by atoms with Crippen molar-refractivity contribution in [3.8, 4) is 11.6 Å². The Kier molecular flexibility index (Phi) is 3.36. The van der Waals surface area contributed by atoms with Gasteiger partial charge >= 0.3 is 0 Å². The summed E-state index contributed by atoms with van der Waals surface area (Å²) in [6.07, 6.45) is 0. The van der Waals surface area contributed by atoms with Crippen molar-refractivity contribution in [3.63, 3.8) is 0 Å². The van der Waals surface area contributed by atoms with E-state index >= 15 is 0 Å². The molecule has 0 saturated carbocycles. The fraction of sp³-hybridized carbons (Fsp3) is 0.167. The van der Waals surface area contributed by atoms with Crippen LogP contribution >= 0.6 is 0 Å². The molecule has 0 aliphatic rings. The third-order valence-corrected chi connectivity index (χ3v) is 2.19. The highest BCUT2D eigenvalue weighted by Gasteiger charge is 2.11. The Hall–Kier alpha value is -2.24. The maximum absolute atomic E-state index is 13.4. The van der Waals surface area contributed by atoms with Gasteiger partial charge in [0.1, 0.15) is 0 Å². The number of aromatic nitrogens is 2. The summed E-state index contributed by atoms with van der Waals surface area (Å²) in [5.74, 6) is -1.72. The molecule has 0 saturated heterocycles. The highest BCUT2D eigenvalue weighted by molar-refractivity contribution is 5.34. The van der Waals surface area contributed by atoms with Crippen molar-refractivity contribution < 1.29 is 13.5 Å². The number of halogens is 2. The van der Waals surface area contributed by atoms with Crippen molar-refractivity contribution in [1.29, 1.82) is 0 Å². The fourth-order valence-corrected chi connectivity index (χ4v) is 1.38. The molecule has 18 heavy (non-hydrogen) atoms. The van der Waals surface area contributed by atoms with Crippen molar-refractivity contribution in [2.75, 3.05) is 12.4 Å². The van der Waals surface area contributed by atoms with Gasteiger partial charge in [-0.2, -0.15) is 9.37 Å². The number of benzene rings is 1. The number of hydrogen-bond donors (Lipinski definition) is 1. The van der Waals surface area contributed by atoms with E-state index in [4.69, 9.17) is 4.74 Å². The molecule has 0 atom stereocenters. The summed E-state index contributed by atoms with van der Waals surface area (Å²) in [6, 6.07) is 5.24. The third kappa shape index (κ3) is 2.53. The quantitative estimate of drug-likeness (QED) is 0.911. The van der Waals surface area contributed by atoms with Crippen LogP contribution in [0, 0.1) is 18.6 Å². The Balaban J connectivity index is 2.34. The molecular weight excluding hydrogens is 240 g/mol. The highest BCUT2D eigenvalue weighted by atomic mass is 19.2. The third-order valence-electron chi connectivity index (χ3n) is 2.19. The summed E-state index contributed by atoms with van der Waals surface area (Å²) in [4.78, 5) is 8.05. The van der Waals surface area contributed by atoms with E-state index in [1.54, 1.807) is 14.0 Å². The molecule has 94 valence electrons. The van der Waals surface area contributed by atoms with Crippen LogP contribution in [-0.4, -0.2) is 17.0 Å². The lowest BCUT2D eigenvalue weighted by Gasteiger charge is -2.08. The first kappa shape index (κ1) is 12.2. The zero-order valence-corrected chi connectivity index (χ0v) is 9.87. The van der Waals surface area contributed by atoms with Crippen LogP contribution < -0.4 is 10.1 Å². The van der Waals surface area contributed by atoms with E-state index in [0.29, 0.717) is 11.6 Å². The van der Waals surface area contributed by atoms with Crippen molar-refractivity contribution >= 4 is 5.95 Å². The molecule has 0 unspecified atom stereocenters. The minimum Gasteiger partial charge on any atom is -0.436 e. The van der Waals surface area contributed by atoms with Crippen molar-refractivity contribution in [3.05, 3.63) is 41.6 Å². The van der Waals surface area contributed by atoms with Crippen LogP contribution in [-0.2, 0) is 0 Å². The molecule has 0 aliphatic heterocycles. The molecule has 0 fully saturated rings. The average Bonchev–Trinajstić information content (AvgIpc) is 2.34. The van der Waals surface area contributed by atoms with E-state index in [2.05, 4.69) is 15.3 Å². The minimum absolute atomic E-state index is 0.149. The van der Waals surface area contributed by atoms with Gasteiger partial charge in [-0.15, -0.1) is 0 Å². The zero-order valence-electron chi connectivity index (χ0n) is 9.87. The first-order valence-corrected chi connectivity index (χ1v) is 5.25. The van der Waals surface area contributed by atoms with Gasteiger partial charge in [0.25, 0.3) is 0 Å². The average molecular weight is 251 g/mol. The predicted molar refractivity (Wildman–Crippen MR) is 62.7 cm³/mol. The molecule has 2 aromatic rings. The van der Waals surface area contributed by atoms with Crippen molar-refractivity contribution in [2.24, 2.45) is 0 Å². The van der Waals surface area contributed by atoms with Crippen molar-refractivity contribution in [1.82, 2.24) is 9.97 Å². The lowest BCUT2D eigenvalue weighted by Crippen LogP contribution is -2.00. The second-order valence-corrected chi connectivity index (χ2v) is 3.58. The molecule has 0 bridgehead atoms. The smallest absolute Gasteiger partial charge is 0.225 e. The Morgan fingerprint density at radius 3 is 2.72 bits per heavy atom. The molecule has 0 radical (unpaired) electrons. The molecule has 0 aliphatic carbocycles. The standard InChI is InChI=1S/C12H11F2N3O/c1-7-6-10(17-12(15-2)16-7)18-9-5-3-4-8(13)11(9)14/h3-6H,1-2H3,(H,15,16,17). The van der Waals surface area contributed by atoms with E-state index in [1.165, 1.54) is 18.2 Å². The zero-order chi connectivity index (χ0) is 13.1. The molecule has 1 N–H and O–H groups in total. The Morgan fingerprint density at radius 1 is 1.22 bits per heavy atom. The lowest BCUT2D eigenvalue weighted by atomic mass is 10.3. The van der Waals surface area contributed by atoms with E-state index in [9.17, 15) is 8.78 Å². The molecule has 0 amide bonds. The molecule has 0 spiro atoms. The summed E-state index contributed by atoms with van der Waals surface area (Å²) < 4.78 is 31.6. The molecular formula is C12H11F2N3O. The molecule has 6 heteroatoms. The van der Waals surface area contributed by atoms with Gasteiger partial charge in [-0.3, -0.25) is 0 Å². The molecule has 1 heterocycles. The van der Waals surface area contributed by atoms with Crippen LogP contribution in [0.5, 0.6) is 11.6 Å². The normalized spacial score (nSPS) is 10.2. The Morgan fingerprint density at radius 2 is 2.00 bits per heavy atom. The largest absolute Gasteiger partial charge is 0.436 e. The van der Waals surface area contributed by atoms with E-state index < -0.39 is 11.6 Å². The number of hydrogen-bond acceptors (Lipinski definition) is 4. The van der Waals surface area contributed by atoms with Gasteiger partial charge in [0.05, 0.1) is 0 Å². The number of aryl methyl sites for hydroxylation is 1. The predicted octanol–water partition coefficient (Wildman–Crippen LogP) is 2.90.